The highest BCUT2D eigenvalue weighted by molar-refractivity contribution is 4.83. The monoisotopic (exact) mass is 185 g/mol. The Morgan fingerprint density at radius 1 is 1.15 bits per heavy atom. The Morgan fingerprint density at radius 3 is 2.15 bits per heavy atom. The molecule has 1 saturated carbocycles. The number of hydrogen-bond donors (Lipinski definition) is 2. The summed E-state index contributed by atoms with van der Waals surface area (Å²) in [6.07, 6.45) is 6.93. The second kappa shape index (κ2) is 4.97. The van der Waals surface area contributed by atoms with Gasteiger partial charge < -0.3 is 10.4 Å². The molecule has 0 bridgehead atoms. The minimum atomic E-state index is -0.416. The molecule has 0 aromatic heterocycles. The number of aliphatic hydroxyl groups is 1. The fourth-order valence-corrected chi connectivity index (χ4v) is 1.96. The Kier molecular flexibility index (Phi) is 4.20. The van der Waals surface area contributed by atoms with E-state index in [1.54, 1.807) is 0 Å². The van der Waals surface area contributed by atoms with Gasteiger partial charge in [-0.1, -0.05) is 39.5 Å². The minimum Gasteiger partial charge on any atom is -0.389 e. The molecule has 2 nitrogen and oxygen atoms in total. The van der Waals surface area contributed by atoms with Gasteiger partial charge in [-0.2, -0.15) is 0 Å². The van der Waals surface area contributed by atoms with E-state index in [0.29, 0.717) is 6.04 Å². The molecular weight excluding hydrogens is 162 g/mol. The summed E-state index contributed by atoms with van der Waals surface area (Å²) in [5.74, 6) is 0. The molecule has 0 unspecified atom stereocenters. The van der Waals surface area contributed by atoms with Crippen LogP contribution in [0.4, 0.5) is 0 Å². The highest BCUT2D eigenvalue weighted by Crippen LogP contribution is 2.26. The zero-order chi connectivity index (χ0) is 9.73. The quantitative estimate of drug-likeness (QED) is 0.660. The Balaban J connectivity index is 2.33. The molecule has 1 fully saturated rings. The molecule has 13 heavy (non-hydrogen) atoms. The lowest BCUT2D eigenvalue weighted by molar-refractivity contribution is 0.0236. The van der Waals surface area contributed by atoms with Crippen LogP contribution in [0.25, 0.3) is 0 Å². The van der Waals surface area contributed by atoms with Crippen molar-refractivity contribution < 1.29 is 5.11 Å². The lowest BCUT2D eigenvalue weighted by atomic mass is 9.94. The Hall–Kier alpha value is -0.0800. The topological polar surface area (TPSA) is 32.3 Å². The standard InChI is InChI=1S/C11H23NO/c1-10(2)12-9-11(13)7-5-3-4-6-8-11/h10,12-13H,3-9H2,1-2H3. The van der Waals surface area contributed by atoms with Gasteiger partial charge in [-0.15, -0.1) is 0 Å². The van der Waals surface area contributed by atoms with E-state index in [1.807, 2.05) is 0 Å². The average Bonchev–Trinajstić information content (AvgIpc) is 2.28. The van der Waals surface area contributed by atoms with Crippen molar-refractivity contribution in [3.8, 4) is 0 Å². The van der Waals surface area contributed by atoms with Gasteiger partial charge in [-0.3, -0.25) is 0 Å². The lowest BCUT2D eigenvalue weighted by Gasteiger charge is -2.28. The van der Waals surface area contributed by atoms with Crippen molar-refractivity contribution in [2.45, 2.75) is 64.0 Å². The second-order valence-corrected chi connectivity index (χ2v) is 4.67. The SMILES string of the molecule is CC(C)NCC1(O)CCCCCC1. The first-order valence-corrected chi connectivity index (χ1v) is 5.58. The van der Waals surface area contributed by atoms with Gasteiger partial charge in [0, 0.05) is 12.6 Å². The molecule has 1 aliphatic rings. The number of rotatable bonds is 3. The summed E-state index contributed by atoms with van der Waals surface area (Å²) in [5, 5.41) is 13.6. The molecule has 2 heteroatoms. The molecular formula is C11H23NO. The first kappa shape index (κ1) is 11.0. The molecule has 0 aromatic rings. The first-order chi connectivity index (χ1) is 6.12. The molecule has 0 saturated heterocycles. The average molecular weight is 185 g/mol. The van der Waals surface area contributed by atoms with Crippen LogP contribution in [0.5, 0.6) is 0 Å². The smallest absolute Gasteiger partial charge is 0.0771 e. The van der Waals surface area contributed by atoms with Crippen molar-refractivity contribution >= 4 is 0 Å². The van der Waals surface area contributed by atoms with E-state index in [4.69, 9.17) is 0 Å². The molecule has 1 aliphatic carbocycles. The van der Waals surface area contributed by atoms with E-state index in [2.05, 4.69) is 19.2 Å². The van der Waals surface area contributed by atoms with Crippen LogP contribution in [0.1, 0.15) is 52.4 Å². The summed E-state index contributed by atoms with van der Waals surface area (Å²) < 4.78 is 0. The normalized spacial score (nSPS) is 23.1. The van der Waals surface area contributed by atoms with Crippen LogP contribution in [0.2, 0.25) is 0 Å². The molecule has 2 N–H and O–H groups in total. The van der Waals surface area contributed by atoms with Crippen molar-refractivity contribution in [1.82, 2.24) is 5.32 Å². The van der Waals surface area contributed by atoms with Crippen LogP contribution in [-0.4, -0.2) is 23.3 Å². The van der Waals surface area contributed by atoms with E-state index >= 15 is 0 Å². The Morgan fingerprint density at radius 2 is 1.69 bits per heavy atom. The summed E-state index contributed by atoms with van der Waals surface area (Å²) in [7, 11) is 0. The Bertz CT molecular complexity index is 137. The first-order valence-electron chi connectivity index (χ1n) is 5.58. The van der Waals surface area contributed by atoms with Gasteiger partial charge in [0.25, 0.3) is 0 Å². The fourth-order valence-electron chi connectivity index (χ4n) is 1.96. The molecule has 0 radical (unpaired) electrons. The van der Waals surface area contributed by atoms with Crippen molar-refractivity contribution in [3.63, 3.8) is 0 Å². The van der Waals surface area contributed by atoms with Gasteiger partial charge in [0.15, 0.2) is 0 Å². The van der Waals surface area contributed by atoms with Crippen LogP contribution in [-0.2, 0) is 0 Å². The van der Waals surface area contributed by atoms with Gasteiger partial charge in [0.2, 0.25) is 0 Å². The van der Waals surface area contributed by atoms with E-state index in [9.17, 15) is 5.11 Å². The van der Waals surface area contributed by atoms with E-state index in [0.717, 1.165) is 19.4 Å². The summed E-state index contributed by atoms with van der Waals surface area (Å²) in [5.41, 5.74) is -0.416. The van der Waals surface area contributed by atoms with Crippen molar-refractivity contribution in [3.05, 3.63) is 0 Å². The predicted molar refractivity (Wildman–Crippen MR) is 55.8 cm³/mol. The highest BCUT2D eigenvalue weighted by Gasteiger charge is 2.27. The van der Waals surface area contributed by atoms with Gasteiger partial charge in [-0.05, 0) is 12.8 Å². The van der Waals surface area contributed by atoms with Gasteiger partial charge in [-0.25, -0.2) is 0 Å². The van der Waals surface area contributed by atoms with Gasteiger partial charge >= 0.3 is 0 Å². The van der Waals surface area contributed by atoms with Crippen molar-refractivity contribution in [1.29, 1.82) is 0 Å². The van der Waals surface area contributed by atoms with E-state index < -0.39 is 5.60 Å². The molecule has 78 valence electrons. The molecule has 0 aromatic carbocycles. The van der Waals surface area contributed by atoms with E-state index in [-0.39, 0.29) is 0 Å². The predicted octanol–water partition coefficient (Wildman–Crippen LogP) is 2.07. The number of nitrogens with one attached hydrogen (secondary N) is 1. The van der Waals surface area contributed by atoms with Crippen molar-refractivity contribution in [2.24, 2.45) is 0 Å². The van der Waals surface area contributed by atoms with Crippen molar-refractivity contribution in [2.75, 3.05) is 6.54 Å². The zero-order valence-corrected chi connectivity index (χ0v) is 8.97. The maximum absolute atomic E-state index is 10.2. The largest absolute Gasteiger partial charge is 0.389 e. The Labute approximate surface area is 81.7 Å². The molecule has 0 heterocycles. The summed E-state index contributed by atoms with van der Waals surface area (Å²) in [4.78, 5) is 0. The third-order valence-electron chi connectivity index (χ3n) is 2.87. The summed E-state index contributed by atoms with van der Waals surface area (Å²) in [6, 6.07) is 0.479. The molecule has 0 atom stereocenters. The fraction of sp³-hybridized carbons (Fsp3) is 1.00. The highest BCUT2D eigenvalue weighted by atomic mass is 16.3. The van der Waals surface area contributed by atoms with Crippen LogP contribution in [0, 0.1) is 0 Å². The van der Waals surface area contributed by atoms with Crippen LogP contribution in [0.15, 0.2) is 0 Å². The maximum atomic E-state index is 10.2. The summed E-state index contributed by atoms with van der Waals surface area (Å²) in [6.45, 7) is 5.02. The molecule has 0 spiro atoms. The van der Waals surface area contributed by atoms with E-state index in [1.165, 1.54) is 25.7 Å². The summed E-state index contributed by atoms with van der Waals surface area (Å²) >= 11 is 0. The van der Waals surface area contributed by atoms with Crippen LogP contribution in [0.3, 0.4) is 0 Å². The zero-order valence-electron chi connectivity index (χ0n) is 8.97. The van der Waals surface area contributed by atoms with Gasteiger partial charge in [0.05, 0.1) is 5.60 Å². The van der Waals surface area contributed by atoms with Crippen LogP contribution < -0.4 is 5.32 Å². The third-order valence-corrected chi connectivity index (χ3v) is 2.87. The maximum Gasteiger partial charge on any atom is 0.0771 e. The van der Waals surface area contributed by atoms with Crippen LogP contribution >= 0.6 is 0 Å². The second-order valence-electron chi connectivity index (χ2n) is 4.67. The lowest BCUT2D eigenvalue weighted by Crippen LogP contribution is -2.42. The number of hydrogen-bond acceptors (Lipinski definition) is 2. The molecule has 1 rings (SSSR count). The third kappa shape index (κ3) is 4.10. The minimum absolute atomic E-state index is 0.416. The van der Waals surface area contributed by atoms with Gasteiger partial charge in [0.1, 0.15) is 0 Å². The molecule has 0 aliphatic heterocycles. The molecule has 0 amide bonds.